The molecule has 1 heterocycles. The zero-order valence-corrected chi connectivity index (χ0v) is 5.66. The highest BCUT2D eigenvalue weighted by Crippen LogP contribution is 2.16. The van der Waals surface area contributed by atoms with Crippen molar-refractivity contribution in [2.45, 2.75) is 6.92 Å². The zero-order chi connectivity index (χ0) is 5.98. The predicted molar refractivity (Wildman–Crippen MR) is 38.5 cm³/mol. The van der Waals surface area contributed by atoms with E-state index in [1.807, 2.05) is 13.0 Å². The summed E-state index contributed by atoms with van der Waals surface area (Å²) in [5.41, 5.74) is 7.69. The number of hydrogen-bond donors (Lipinski definition) is 1. The molecular formula is C6H9NS. The lowest BCUT2D eigenvalue weighted by molar-refractivity contribution is 1.28. The van der Waals surface area contributed by atoms with Gasteiger partial charge in [0.2, 0.25) is 0 Å². The molecule has 0 aliphatic carbocycles. The van der Waals surface area contributed by atoms with Gasteiger partial charge in [-0.15, -0.1) is 11.8 Å². The summed E-state index contributed by atoms with van der Waals surface area (Å²) >= 11 is 1.79. The molecule has 2 N–H and O–H groups in total. The van der Waals surface area contributed by atoms with Gasteiger partial charge in [-0.25, -0.2) is 0 Å². The molecule has 1 aliphatic heterocycles. The molecule has 0 amide bonds. The molecule has 0 radical (unpaired) electrons. The van der Waals surface area contributed by atoms with Crippen molar-refractivity contribution in [3.8, 4) is 0 Å². The minimum Gasteiger partial charge on any atom is -0.399 e. The second kappa shape index (κ2) is 2.27. The van der Waals surface area contributed by atoms with Crippen LogP contribution in [-0.2, 0) is 0 Å². The lowest BCUT2D eigenvalue weighted by Gasteiger charge is -2.05. The van der Waals surface area contributed by atoms with Crippen LogP contribution in [0.15, 0.2) is 22.8 Å². The third-order valence-corrected chi connectivity index (χ3v) is 1.99. The van der Waals surface area contributed by atoms with Crippen LogP contribution in [-0.4, -0.2) is 5.75 Å². The first kappa shape index (κ1) is 5.76. The Morgan fingerprint density at radius 1 is 1.75 bits per heavy atom. The molecule has 0 aromatic carbocycles. The van der Waals surface area contributed by atoms with Crippen molar-refractivity contribution in [3.05, 3.63) is 22.8 Å². The highest BCUT2D eigenvalue weighted by molar-refractivity contribution is 8.02. The predicted octanol–water partition coefficient (Wildman–Crippen LogP) is 1.48. The molecule has 8 heavy (non-hydrogen) atoms. The lowest BCUT2D eigenvalue weighted by Crippen LogP contribution is -2.01. The Hall–Kier alpha value is -0.370. The average molecular weight is 127 g/mol. The summed E-state index contributed by atoms with van der Waals surface area (Å²) in [6.07, 6.45) is 2.04. The molecular weight excluding hydrogens is 118 g/mol. The van der Waals surface area contributed by atoms with Crippen LogP contribution in [0, 0.1) is 0 Å². The smallest absolute Gasteiger partial charge is 0.0316 e. The minimum atomic E-state index is 0.934. The Labute approximate surface area is 53.6 Å². The van der Waals surface area contributed by atoms with Gasteiger partial charge in [0.1, 0.15) is 0 Å². The maximum absolute atomic E-state index is 5.56. The summed E-state index contributed by atoms with van der Waals surface area (Å²) in [4.78, 5) is 0. The first-order chi connectivity index (χ1) is 3.80. The molecule has 0 saturated heterocycles. The van der Waals surface area contributed by atoms with Crippen molar-refractivity contribution >= 4 is 11.8 Å². The summed E-state index contributed by atoms with van der Waals surface area (Å²) in [7, 11) is 0. The molecule has 44 valence electrons. The largest absolute Gasteiger partial charge is 0.399 e. The van der Waals surface area contributed by atoms with E-state index in [2.05, 4.69) is 5.41 Å². The zero-order valence-electron chi connectivity index (χ0n) is 4.85. The van der Waals surface area contributed by atoms with Crippen LogP contribution in [0.3, 0.4) is 0 Å². The van der Waals surface area contributed by atoms with Gasteiger partial charge < -0.3 is 5.73 Å². The molecule has 0 unspecified atom stereocenters. The van der Waals surface area contributed by atoms with E-state index < -0.39 is 0 Å². The fourth-order valence-electron chi connectivity index (χ4n) is 0.540. The summed E-state index contributed by atoms with van der Waals surface area (Å²) in [6, 6.07) is 0. The van der Waals surface area contributed by atoms with Crippen LogP contribution >= 0.6 is 11.8 Å². The van der Waals surface area contributed by atoms with E-state index in [1.165, 1.54) is 5.57 Å². The summed E-state index contributed by atoms with van der Waals surface area (Å²) < 4.78 is 0. The van der Waals surface area contributed by atoms with Gasteiger partial charge in [0.15, 0.2) is 0 Å². The van der Waals surface area contributed by atoms with Gasteiger partial charge in [0, 0.05) is 11.4 Å². The van der Waals surface area contributed by atoms with Gasteiger partial charge >= 0.3 is 0 Å². The quantitative estimate of drug-likeness (QED) is 0.533. The Morgan fingerprint density at radius 2 is 2.50 bits per heavy atom. The number of nitrogens with two attached hydrogens (primary N) is 1. The summed E-state index contributed by atoms with van der Waals surface area (Å²) in [5.74, 6) is 1.03. The number of thioether (sulfide) groups is 1. The maximum atomic E-state index is 5.56. The van der Waals surface area contributed by atoms with Crippen molar-refractivity contribution in [2.24, 2.45) is 5.73 Å². The van der Waals surface area contributed by atoms with E-state index in [9.17, 15) is 0 Å². The highest BCUT2D eigenvalue weighted by atomic mass is 32.2. The van der Waals surface area contributed by atoms with Crippen molar-refractivity contribution in [1.82, 2.24) is 0 Å². The third-order valence-electron chi connectivity index (χ3n) is 1.11. The monoisotopic (exact) mass is 127 g/mol. The van der Waals surface area contributed by atoms with Gasteiger partial charge in [-0.3, -0.25) is 0 Å². The fraction of sp³-hybridized carbons (Fsp3) is 0.333. The van der Waals surface area contributed by atoms with E-state index in [0.29, 0.717) is 0 Å². The van der Waals surface area contributed by atoms with Crippen LogP contribution in [0.25, 0.3) is 0 Å². The Kier molecular flexibility index (Phi) is 1.63. The molecule has 0 bridgehead atoms. The molecule has 1 aliphatic rings. The molecule has 0 fully saturated rings. The van der Waals surface area contributed by atoms with Gasteiger partial charge in [-0.2, -0.15) is 0 Å². The Morgan fingerprint density at radius 3 is 2.88 bits per heavy atom. The second-order valence-corrected chi connectivity index (χ2v) is 2.70. The molecule has 0 aromatic heterocycles. The summed E-state index contributed by atoms with van der Waals surface area (Å²) in [6.45, 7) is 2.03. The third kappa shape index (κ3) is 1.07. The fourth-order valence-corrected chi connectivity index (χ4v) is 1.30. The highest BCUT2D eigenvalue weighted by Gasteiger charge is 1.96. The number of allylic oxidation sites excluding steroid dienone is 1. The number of hydrogen-bond acceptors (Lipinski definition) is 2. The maximum Gasteiger partial charge on any atom is 0.0316 e. The minimum absolute atomic E-state index is 0.934. The molecule has 0 saturated carbocycles. The van der Waals surface area contributed by atoms with Gasteiger partial charge in [0.25, 0.3) is 0 Å². The van der Waals surface area contributed by atoms with Crippen LogP contribution < -0.4 is 5.73 Å². The molecule has 0 atom stereocenters. The summed E-state index contributed by atoms with van der Waals surface area (Å²) in [5, 5.41) is 2.09. The van der Waals surface area contributed by atoms with E-state index in [-0.39, 0.29) is 0 Å². The Balaban J connectivity index is 2.73. The van der Waals surface area contributed by atoms with Crippen molar-refractivity contribution < 1.29 is 0 Å². The van der Waals surface area contributed by atoms with Crippen LogP contribution in [0.2, 0.25) is 0 Å². The molecule has 0 aromatic rings. The molecule has 1 rings (SSSR count). The normalized spacial score (nSPS) is 19.6. The van der Waals surface area contributed by atoms with E-state index in [4.69, 9.17) is 5.73 Å². The number of rotatable bonds is 0. The van der Waals surface area contributed by atoms with Gasteiger partial charge in [-0.1, -0.05) is 6.08 Å². The van der Waals surface area contributed by atoms with Gasteiger partial charge in [-0.05, 0) is 17.9 Å². The molecule has 1 nitrogen and oxygen atoms in total. The van der Waals surface area contributed by atoms with Crippen LogP contribution in [0.1, 0.15) is 6.92 Å². The van der Waals surface area contributed by atoms with Crippen LogP contribution in [0.5, 0.6) is 0 Å². The second-order valence-electron chi connectivity index (χ2n) is 1.79. The SMILES string of the molecule is CC1=CSCC=C1N. The van der Waals surface area contributed by atoms with E-state index in [1.54, 1.807) is 11.8 Å². The lowest BCUT2D eigenvalue weighted by atomic mass is 10.2. The van der Waals surface area contributed by atoms with Gasteiger partial charge in [0.05, 0.1) is 0 Å². The van der Waals surface area contributed by atoms with Crippen LogP contribution in [0.4, 0.5) is 0 Å². The topological polar surface area (TPSA) is 26.0 Å². The van der Waals surface area contributed by atoms with Crippen molar-refractivity contribution in [1.29, 1.82) is 0 Å². The first-order valence-electron chi connectivity index (χ1n) is 2.55. The Bertz CT molecular complexity index is 129. The van der Waals surface area contributed by atoms with Crippen molar-refractivity contribution in [3.63, 3.8) is 0 Å². The standard InChI is InChI=1S/C6H9NS/c1-5-4-8-3-2-6(5)7/h2,4H,3,7H2,1H3. The van der Waals surface area contributed by atoms with E-state index >= 15 is 0 Å². The average Bonchev–Trinajstić information content (AvgIpc) is 1.77. The molecule has 0 spiro atoms. The first-order valence-corrected chi connectivity index (χ1v) is 3.60. The van der Waals surface area contributed by atoms with E-state index in [0.717, 1.165) is 11.4 Å². The molecule has 2 heteroatoms. The van der Waals surface area contributed by atoms with Crippen molar-refractivity contribution in [2.75, 3.05) is 5.75 Å².